The third-order valence-corrected chi connectivity index (χ3v) is 3.88. The van der Waals surface area contributed by atoms with Crippen molar-refractivity contribution in [1.29, 1.82) is 0 Å². The molecule has 16 heavy (non-hydrogen) atoms. The molecule has 0 aromatic rings. The standard InChI is InChI=1S/C14H31NS/c1-4-6-10-14(5-2)13-15-11-8-7-9-12-16-3/h14-15H,4-13H2,1-3H3. The molecule has 0 aliphatic heterocycles. The number of hydrogen-bond acceptors (Lipinski definition) is 2. The number of hydrogen-bond donors (Lipinski definition) is 1. The van der Waals surface area contributed by atoms with E-state index in [-0.39, 0.29) is 0 Å². The molecule has 0 spiro atoms. The summed E-state index contributed by atoms with van der Waals surface area (Å²) >= 11 is 1.96. The SMILES string of the molecule is CCCCC(CC)CNCCCCCSC. The molecule has 1 nitrogen and oxygen atoms in total. The van der Waals surface area contributed by atoms with E-state index >= 15 is 0 Å². The average Bonchev–Trinajstić information content (AvgIpc) is 2.32. The minimum absolute atomic E-state index is 0.908. The summed E-state index contributed by atoms with van der Waals surface area (Å²) in [5.41, 5.74) is 0. The summed E-state index contributed by atoms with van der Waals surface area (Å²) in [7, 11) is 0. The van der Waals surface area contributed by atoms with Gasteiger partial charge in [0, 0.05) is 0 Å². The van der Waals surface area contributed by atoms with Crippen LogP contribution in [0.5, 0.6) is 0 Å². The highest BCUT2D eigenvalue weighted by Gasteiger charge is 2.04. The second-order valence-corrected chi connectivity index (χ2v) is 5.66. The van der Waals surface area contributed by atoms with Gasteiger partial charge in [0.1, 0.15) is 0 Å². The van der Waals surface area contributed by atoms with Crippen LogP contribution >= 0.6 is 11.8 Å². The average molecular weight is 245 g/mol. The topological polar surface area (TPSA) is 12.0 Å². The maximum absolute atomic E-state index is 3.62. The van der Waals surface area contributed by atoms with Crippen LogP contribution in [0.15, 0.2) is 0 Å². The van der Waals surface area contributed by atoms with Gasteiger partial charge in [-0.15, -0.1) is 0 Å². The Balaban J connectivity index is 3.20. The molecule has 0 aromatic heterocycles. The van der Waals surface area contributed by atoms with Crippen molar-refractivity contribution >= 4 is 11.8 Å². The van der Waals surface area contributed by atoms with Crippen molar-refractivity contribution in [1.82, 2.24) is 5.32 Å². The highest BCUT2D eigenvalue weighted by Crippen LogP contribution is 2.11. The molecular weight excluding hydrogens is 214 g/mol. The summed E-state index contributed by atoms with van der Waals surface area (Å²) in [6, 6.07) is 0. The zero-order valence-corrected chi connectivity index (χ0v) is 12.4. The molecule has 0 amide bonds. The lowest BCUT2D eigenvalue weighted by Crippen LogP contribution is -2.23. The Morgan fingerprint density at radius 1 is 1.06 bits per heavy atom. The predicted molar refractivity (Wildman–Crippen MR) is 78.4 cm³/mol. The van der Waals surface area contributed by atoms with Crippen molar-refractivity contribution in [3.8, 4) is 0 Å². The first-order valence-electron chi connectivity index (χ1n) is 7.04. The molecule has 2 heteroatoms. The lowest BCUT2D eigenvalue weighted by atomic mass is 9.99. The van der Waals surface area contributed by atoms with Gasteiger partial charge < -0.3 is 5.32 Å². The Morgan fingerprint density at radius 2 is 1.88 bits per heavy atom. The molecule has 0 radical (unpaired) electrons. The number of rotatable bonds is 12. The van der Waals surface area contributed by atoms with E-state index in [0.717, 1.165) is 5.92 Å². The number of nitrogens with one attached hydrogen (secondary N) is 1. The first-order chi connectivity index (χ1) is 7.85. The Kier molecular flexibility index (Phi) is 13.6. The maximum Gasteiger partial charge on any atom is -0.00206 e. The highest BCUT2D eigenvalue weighted by molar-refractivity contribution is 7.98. The fraction of sp³-hybridized carbons (Fsp3) is 1.00. The van der Waals surface area contributed by atoms with E-state index in [1.807, 2.05) is 11.8 Å². The molecule has 0 bridgehead atoms. The van der Waals surface area contributed by atoms with Gasteiger partial charge in [0.15, 0.2) is 0 Å². The molecule has 0 aromatic carbocycles. The first-order valence-corrected chi connectivity index (χ1v) is 8.44. The minimum atomic E-state index is 0.908. The fourth-order valence-corrected chi connectivity index (χ4v) is 2.42. The summed E-state index contributed by atoms with van der Waals surface area (Å²) < 4.78 is 0. The van der Waals surface area contributed by atoms with Gasteiger partial charge in [-0.05, 0) is 50.3 Å². The summed E-state index contributed by atoms with van der Waals surface area (Å²) in [5, 5.41) is 3.62. The van der Waals surface area contributed by atoms with Crippen LogP contribution in [0.4, 0.5) is 0 Å². The van der Waals surface area contributed by atoms with Gasteiger partial charge in [-0.25, -0.2) is 0 Å². The second-order valence-electron chi connectivity index (χ2n) is 4.67. The van der Waals surface area contributed by atoms with Crippen LogP contribution in [0.3, 0.4) is 0 Å². The Labute approximate surface area is 107 Å². The van der Waals surface area contributed by atoms with E-state index < -0.39 is 0 Å². The van der Waals surface area contributed by atoms with Gasteiger partial charge in [0.05, 0.1) is 0 Å². The Bertz CT molecular complexity index is 128. The molecule has 0 rings (SSSR count). The molecule has 1 atom stereocenters. The van der Waals surface area contributed by atoms with E-state index in [1.54, 1.807) is 0 Å². The van der Waals surface area contributed by atoms with Gasteiger partial charge in [-0.2, -0.15) is 11.8 Å². The van der Waals surface area contributed by atoms with E-state index in [4.69, 9.17) is 0 Å². The normalized spacial score (nSPS) is 12.9. The Hall–Kier alpha value is 0.310. The van der Waals surface area contributed by atoms with Crippen LogP contribution < -0.4 is 5.32 Å². The first kappa shape index (κ1) is 16.3. The van der Waals surface area contributed by atoms with Crippen LogP contribution in [0.25, 0.3) is 0 Å². The predicted octanol–water partition coefficient (Wildman–Crippen LogP) is 4.33. The highest BCUT2D eigenvalue weighted by atomic mass is 32.2. The monoisotopic (exact) mass is 245 g/mol. The molecule has 0 heterocycles. The summed E-state index contributed by atoms with van der Waals surface area (Å²) in [6.07, 6.45) is 11.8. The van der Waals surface area contributed by atoms with Gasteiger partial charge >= 0.3 is 0 Å². The number of unbranched alkanes of at least 4 members (excludes halogenated alkanes) is 3. The van der Waals surface area contributed by atoms with Gasteiger partial charge in [0.2, 0.25) is 0 Å². The van der Waals surface area contributed by atoms with Crippen molar-refractivity contribution in [2.24, 2.45) is 5.92 Å². The lowest BCUT2D eigenvalue weighted by molar-refractivity contribution is 0.417. The molecule has 1 N–H and O–H groups in total. The van der Waals surface area contributed by atoms with E-state index in [2.05, 4.69) is 25.4 Å². The smallest absolute Gasteiger partial charge is 0.00206 e. The molecule has 0 aliphatic rings. The summed E-state index contributed by atoms with van der Waals surface area (Å²) in [5.74, 6) is 2.24. The second kappa shape index (κ2) is 13.4. The fourth-order valence-electron chi connectivity index (χ4n) is 1.92. The maximum atomic E-state index is 3.62. The third kappa shape index (κ3) is 10.8. The molecule has 98 valence electrons. The minimum Gasteiger partial charge on any atom is -0.316 e. The molecule has 0 saturated carbocycles. The number of thioether (sulfide) groups is 1. The van der Waals surface area contributed by atoms with Crippen molar-refractivity contribution in [3.05, 3.63) is 0 Å². The molecule has 0 aliphatic carbocycles. The summed E-state index contributed by atoms with van der Waals surface area (Å²) in [4.78, 5) is 0. The van der Waals surface area contributed by atoms with Gasteiger partial charge in [-0.3, -0.25) is 0 Å². The van der Waals surface area contributed by atoms with Crippen LogP contribution in [-0.4, -0.2) is 25.1 Å². The van der Waals surface area contributed by atoms with Crippen molar-refractivity contribution in [3.63, 3.8) is 0 Å². The third-order valence-electron chi connectivity index (χ3n) is 3.18. The molecule has 0 saturated heterocycles. The van der Waals surface area contributed by atoms with E-state index in [9.17, 15) is 0 Å². The van der Waals surface area contributed by atoms with Crippen LogP contribution in [0.2, 0.25) is 0 Å². The molecule has 1 unspecified atom stereocenters. The largest absolute Gasteiger partial charge is 0.316 e. The van der Waals surface area contributed by atoms with Crippen LogP contribution in [0.1, 0.15) is 58.8 Å². The zero-order chi connectivity index (χ0) is 12.1. The van der Waals surface area contributed by atoms with Crippen molar-refractivity contribution < 1.29 is 0 Å². The van der Waals surface area contributed by atoms with E-state index in [1.165, 1.54) is 63.8 Å². The molecule has 0 fully saturated rings. The van der Waals surface area contributed by atoms with Gasteiger partial charge in [-0.1, -0.05) is 39.5 Å². The molecular formula is C14H31NS. The van der Waals surface area contributed by atoms with Crippen molar-refractivity contribution in [2.45, 2.75) is 58.8 Å². The van der Waals surface area contributed by atoms with Crippen LogP contribution in [-0.2, 0) is 0 Å². The van der Waals surface area contributed by atoms with Crippen molar-refractivity contribution in [2.75, 3.05) is 25.1 Å². The van der Waals surface area contributed by atoms with Crippen LogP contribution in [0, 0.1) is 5.92 Å². The summed E-state index contributed by atoms with van der Waals surface area (Å²) in [6.45, 7) is 7.06. The lowest BCUT2D eigenvalue weighted by Gasteiger charge is -2.15. The Morgan fingerprint density at radius 3 is 2.50 bits per heavy atom. The van der Waals surface area contributed by atoms with E-state index in [0.29, 0.717) is 0 Å². The van der Waals surface area contributed by atoms with Gasteiger partial charge in [0.25, 0.3) is 0 Å². The zero-order valence-electron chi connectivity index (χ0n) is 11.6. The quantitative estimate of drug-likeness (QED) is 0.514.